The van der Waals surface area contributed by atoms with Crippen molar-refractivity contribution in [2.75, 3.05) is 18.0 Å². The summed E-state index contributed by atoms with van der Waals surface area (Å²) in [6.45, 7) is 9.22. The van der Waals surface area contributed by atoms with Crippen LogP contribution in [0.2, 0.25) is 0 Å². The number of nitrogens with zero attached hydrogens (tertiary/aromatic N) is 2. The molecule has 2 heteroatoms. The van der Waals surface area contributed by atoms with Crippen LogP contribution in [0.15, 0.2) is 18.3 Å². The molecular weight excluding hydrogens is 220 g/mol. The van der Waals surface area contributed by atoms with Crippen LogP contribution in [-0.2, 0) is 0 Å². The van der Waals surface area contributed by atoms with Gasteiger partial charge >= 0.3 is 0 Å². The second-order valence-corrected chi connectivity index (χ2v) is 5.67. The van der Waals surface area contributed by atoms with E-state index in [0.29, 0.717) is 0 Å². The fraction of sp³-hybridized carbons (Fsp3) is 0.562. The van der Waals surface area contributed by atoms with E-state index in [-0.39, 0.29) is 0 Å². The minimum Gasteiger partial charge on any atom is -0.356 e. The molecule has 1 aromatic heterocycles. The summed E-state index contributed by atoms with van der Waals surface area (Å²) in [4.78, 5) is 6.84. The molecule has 0 radical (unpaired) electrons. The average molecular weight is 242 g/mol. The highest BCUT2D eigenvalue weighted by atomic mass is 15.2. The first-order valence-electron chi connectivity index (χ1n) is 6.79. The van der Waals surface area contributed by atoms with Crippen LogP contribution in [-0.4, -0.2) is 18.1 Å². The van der Waals surface area contributed by atoms with Crippen LogP contribution in [0.3, 0.4) is 0 Å². The molecule has 0 aliphatic carbocycles. The van der Waals surface area contributed by atoms with Gasteiger partial charge in [-0.05, 0) is 36.3 Å². The van der Waals surface area contributed by atoms with Gasteiger partial charge in [0.05, 0.1) is 0 Å². The highest BCUT2D eigenvalue weighted by Crippen LogP contribution is 2.31. The molecule has 2 atom stereocenters. The maximum absolute atomic E-state index is 5.35. The zero-order valence-electron chi connectivity index (χ0n) is 11.6. The zero-order chi connectivity index (χ0) is 13.1. The van der Waals surface area contributed by atoms with E-state index >= 15 is 0 Å². The van der Waals surface area contributed by atoms with Crippen molar-refractivity contribution >= 4 is 5.82 Å². The molecular formula is C16H22N2. The molecule has 2 nitrogen and oxygen atoms in total. The Kier molecular flexibility index (Phi) is 3.91. The predicted octanol–water partition coefficient (Wildman–Crippen LogP) is 3.18. The fourth-order valence-electron chi connectivity index (χ4n) is 3.02. The number of anilines is 1. The van der Waals surface area contributed by atoms with Crippen LogP contribution >= 0.6 is 0 Å². The first kappa shape index (κ1) is 13.0. The third-order valence-electron chi connectivity index (χ3n) is 4.07. The Hall–Kier alpha value is -1.49. The molecule has 2 heterocycles. The Morgan fingerprint density at radius 2 is 2.22 bits per heavy atom. The summed E-state index contributed by atoms with van der Waals surface area (Å²) in [5, 5.41) is 0. The van der Waals surface area contributed by atoms with Crippen molar-refractivity contribution in [1.82, 2.24) is 4.98 Å². The molecule has 0 bridgehead atoms. The predicted molar refractivity (Wildman–Crippen MR) is 76.5 cm³/mol. The molecule has 0 amide bonds. The summed E-state index contributed by atoms with van der Waals surface area (Å²) in [6, 6.07) is 4.01. The molecule has 2 rings (SSSR count). The van der Waals surface area contributed by atoms with Gasteiger partial charge in [0.25, 0.3) is 0 Å². The van der Waals surface area contributed by atoms with E-state index in [2.05, 4.69) is 36.6 Å². The molecule has 1 saturated heterocycles. The first-order chi connectivity index (χ1) is 8.61. The van der Waals surface area contributed by atoms with E-state index in [1.54, 1.807) is 6.20 Å². The van der Waals surface area contributed by atoms with Gasteiger partial charge in [-0.3, -0.25) is 0 Å². The smallest absolute Gasteiger partial charge is 0.128 e. The summed E-state index contributed by atoms with van der Waals surface area (Å²) < 4.78 is 0. The Balaban J connectivity index is 2.05. The van der Waals surface area contributed by atoms with Gasteiger partial charge in [0.1, 0.15) is 5.82 Å². The number of hydrogen-bond donors (Lipinski definition) is 0. The number of rotatable bonds is 2. The molecule has 0 aromatic carbocycles. The van der Waals surface area contributed by atoms with E-state index < -0.39 is 0 Å². The van der Waals surface area contributed by atoms with Crippen LogP contribution in [0.5, 0.6) is 0 Å². The third-order valence-corrected chi connectivity index (χ3v) is 4.07. The SMILES string of the molecule is C#Cc1ccc(N2CC[C@@H](C(C)C)[C@@H](C)C2)nc1. The van der Waals surface area contributed by atoms with Gasteiger partial charge in [-0.25, -0.2) is 4.98 Å². The molecule has 1 fully saturated rings. The number of terminal acetylenes is 1. The van der Waals surface area contributed by atoms with E-state index in [9.17, 15) is 0 Å². The van der Waals surface area contributed by atoms with Gasteiger partial charge in [-0.2, -0.15) is 0 Å². The van der Waals surface area contributed by atoms with Gasteiger partial charge in [-0.1, -0.05) is 26.7 Å². The zero-order valence-corrected chi connectivity index (χ0v) is 11.6. The van der Waals surface area contributed by atoms with Gasteiger partial charge < -0.3 is 4.90 Å². The van der Waals surface area contributed by atoms with Gasteiger partial charge in [-0.15, -0.1) is 6.42 Å². The summed E-state index contributed by atoms with van der Waals surface area (Å²) in [6.07, 6.45) is 8.40. The lowest BCUT2D eigenvalue weighted by Crippen LogP contribution is -2.41. The number of aromatic nitrogens is 1. The van der Waals surface area contributed by atoms with Crippen LogP contribution in [0.1, 0.15) is 32.8 Å². The second kappa shape index (κ2) is 5.44. The van der Waals surface area contributed by atoms with Gasteiger partial charge in [0.2, 0.25) is 0 Å². The lowest BCUT2D eigenvalue weighted by molar-refractivity contribution is 0.228. The van der Waals surface area contributed by atoms with Gasteiger partial charge in [0, 0.05) is 24.8 Å². The standard InChI is InChI=1S/C16H22N2/c1-5-14-6-7-16(17-10-14)18-9-8-15(12(2)3)13(4)11-18/h1,6-7,10,12-13,15H,8-9,11H2,2-4H3/t13-,15-/m0/s1. The van der Waals surface area contributed by atoms with Crippen LogP contribution in [0.25, 0.3) is 0 Å². The molecule has 18 heavy (non-hydrogen) atoms. The second-order valence-electron chi connectivity index (χ2n) is 5.67. The van der Waals surface area contributed by atoms with E-state index in [0.717, 1.165) is 42.2 Å². The maximum Gasteiger partial charge on any atom is 0.128 e. The highest BCUT2D eigenvalue weighted by Gasteiger charge is 2.28. The minimum atomic E-state index is 0.730. The first-order valence-corrected chi connectivity index (χ1v) is 6.79. The molecule has 1 aliphatic rings. The number of pyridine rings is 1. The molecule has 1 aliphatic heterocycles. The quantitative estimate of drug-likeness (QED) is 0.740. The topological polar surface area (TPSA) is 16.1 Å². The van der Waals surface area contributed by atoms with Crippen molar-refractivity contribution in [3.05, 3.63) is 23.9 Å². The summed E-state index contributed by atoms with van der Waals surface area (Å²) in [7, 11) is 0. The fourth-order valence-corrected chi connectivity index (χ4v) is 3.02. The normalized spacial score (nSPS) is 24.1. The molecule has 0 spiro atoms. The Morgan fingerprint density at radius 3 is 2.72 bits per heavy atom. The molecule has 1 aromatic rings. The number of hydrogen-bond acceptors (Lipinski definition) is 2. The third kappa shape index (κ3) is 2.67. The Bertz CT molecular complexity index is 427. The monoisotopic (exact) mass is 242 g/mol. The van der Waals surface area contributed by atoms with E-state index in [4.69, 9.17) is 6.42 Å². The minimum absolute atomic E-state index is 0.730. The summed E-state index contributed by atoms with van der Waals surface area (Å²) in [5.41, 5.74) is 0.851. The highest BCUT2D eigenvalue weighted by molar-refractivity contribution is 5.43. The maximum atomic E-state index is 5.35. The van der Waals surface area contributed by atoms with Crippen molar-refractivity contribution in [3.8, 4) is 12.3 Å². The van der Waals surface area contributed by atoms with Crippen LogP contribution in [0.4, 0.5) is 5.82 Å². The van der Waals surface area contributed by atoms with Crippen molar-refractivity contribution in [1.29, 1.82) is 0 Å². The van der Waals surface area contributed by atoms with Crippen molar-refractivity contribution in [2.24, 2.45) is 17.8 Å². The van der Waals surface area contributed by atoms with E-state index in [1.165, 1.54) is 6.42 Å². The van der Waals surface area contributed by atoms with Crippen molar-refractivity contribution in [3.63, 3.8) is 0 Å². The average Bonchev–Trinajstić information content (AvgIpc) is 2.38. The molecule has 0 N–H and O–H groups in total. The van der Waals surface area contributed by atoms with E-state index in [1.807, 2.05) is 12.1 Å². The van der Waals surface area contributed by atoms with Crippen LogP contribution < -0.4 is 4.90 Å². The Labute approximate surface area is 110 Å². The van der Waals surface area contributed by atoms with Crippen molar-refractivity contribution in [2.45, 2.75) is 27.2 Å². The molecule has 0 unspecified atom stereocenters. The largest absolute Gasteiger partial charge is 0.356 e. The Morgan fingerprint density at radius 1 is 1.44 bits per heavy atom. The lowest BCUT2D eigenvalue weighted by atomic mass is 9.79. The summed E-state index contributed by atoms with van der Waals surface area (Å²) >= 11 is 0. The van der Waals surface area contributed by atoms with Crippen molar-refractivity contribution < 1.29 is 0 Å². The lowest BCUT2D eigenvalue weighted by Gasteiger charge is -2.39. The van der Waals surface area contributed by atoms with Crippen LogP contribution in [0, 0.1) is 30.1 Å². The van der Waals surface area contributed by atoms with Gasteiger partial charge in [0.15, 0.2) is 0 Å². The molecule has 0 saturated carbocycles. The summed E-state index contributed by atoms with van der Waals surface area (Å²) in [5.74, 6) is 6.01. The molecule has 96 valence electrons. The number of piperidine rings is 1.